The number of benzene rings is 2. The van der Waals surface area contributed by atoms with Crippen LogP contribution in [0, 0.1) is 0 Å². The van der Waals surface area contributed by atoms with Gasteiger partial charge < -0.3 is 10.1 Å². The summed E-state index contributed by atoms with van der Waals surface area (Å²) in [4.78, 5) is 4.44. The average Bonchev–Trinajstić information content (AvgIpc) is 2.46. The van der Waals surface area contributed by atoms with Crippen molar-refractivity contribution in [1.82, 2.24) is 0 Å². The molecule has 1 aliphatic rings. The number of nitrogens with zero attached hydrogens (tertiary/aromatic N) is 1. The van der Waals surface area contributed by atoms with Gasteiger partial charge in [0.2, 0.25) is 0 Å². The van der Waals surface area contributed by atoms with E-state index in [0.717, 1.165) is 11.3 Å². The quantitative estimate of drug-likeness (QED) is 0.871. The summed E-state index contributed by atoms with van der Waals surface area (Å²) in [7, 11) is 0. The molecule has 0 aromatic heterocycles. The summed E-state index contributed by atoms with van der Waals surface area (Å²) in [6.07, 6.45) is 0. The third-order valence-corrected chi connectivity index (χ3v) is 2.87. The second kappa shape index (κ2) is 4.92. The lowest BCUT2D eigenvalue weighted by atomic mass is 10.2. The van der Waals surface area contributed by atoms with Crippen LogP contribution in [-0.4, -0.2) is 6.02 Å². The summed E-state index contributed by atoms with van der Waals surface area (Å²) < 4.78 is 5.57. The molecule has 0 bridgehead atoms. The van der Waals surface area contributed by atoms with Crippen molar-refractivity contribution in [2.45, 2.75) is 13.2 Å². The lowest BCUT2D eigenvalue weighted by Gasteiger charge is -2.20. The molecule has 0 spiro atoms. The maximum Gasteiger partial charge on any atom is 0.289 e. The standard InChI is InChI=1S/C15H14N2O/c1-2-6-12(7-3-1)10-16-15-17-14-9-5-4-8-13(14)11-18-15/h1-9H,10-11H2,(H,16,17). The Morgan fingerprint density at radius 3 is 2.67 bits per heavy atom. The third kappa shape index (κ3) is 2.35. The van der Waals surface area contributed by atoms with Gasteiger partial charge in [-0.15, -0.1) is 0 Å². The Labute approximate surface area is 106 Å². The van der Waals surface area contributed by atoms with Crippen LogP contribution in [0.25, 0.3) is 0 Å². The van der Waals surface area contributed by atoms with Gasteiger partial charge in [0.25, 0.3) is 6.02 Å². The van der Waals surface area contributed by atoms with Crippen molar-refractivity contribution >= 4 is 11.7 Å². The van der Waals surface area contributed by atoms with E-state index >= 15 is 0 Å². The highest BCUT2D eigenvalue weighted by atomic mass is 16.5. The molecule has 0 fully saturated rings. The molecule has 0 aliphatic carbocycles. The summed E-state index contributed by atoms with van der Waals surface area (Å²) in [5.74, 6) is 0. The van der Waals surface area contributed by atoms with Crippen molar-refractivity contribution in [3.63, 3.8) is 0 Å². The Morgan fingerprint density at radius 2 is 1.78 bits per heavy atom. The van der Waals surface area contributed by atoms with E-state index in [1.807, 2.05) is 36.4 Å². The molecule has 1 aliphatic heterocycles. The second-order valence-corrected chi connectivity index (χ2v) is 4.18. The van der Waals surface area contributed by atoms with E-state index in [9.17, 15) is 0 Å². The van der Waals surface area contributed by atoms with Crippen molar-refractivity contribution in [1.29, 1.82) is 0 Å². The molecule has 18 heavy (non-hydrogen) atoms. The number of amidine groups is 1. The highest BCUT2D eigenvalue weighted by Crippen LogP contribution is 2.20. The first-order chi connectivity index (χ1) is 8.92. The van der Waals surface area contributed by atoms with E-state index in [-0.39, 0.29) is 0 Å². The molecule has 3 nitrogen and oxygen atoms in total. The van der Waals surface area contributed by atoms with E-state index in [1.54, 1.807) is 0 Å². The summed E-state index contributed by atoms with van der Waals surface area (Å²) in [5, 5.41) is 3.19. The smallest absolute Gasteiger partial charge is 0.289 e. The van der Waals surface area contributed by atoms with E-state index in [0.29, 0.717) is 19.2 Å². The Balaban J connectivity index is 1.72. The molecule has 0 radical (unpaired) electrons. The van der Waals surface area contributed by atoms with Gasteiger partial charge in [-0.05, 0) is 11.6 Å². The van der Waals surface area contributed by atoms with Crippen LogP contribution < -0.4 is 5.32 Å². The molecule has 2 aromatic rings. The third-order valence-electron chi connectivity index (χ3n) is 2.87. The molecule has 2 aromatic carbocycles. The molecule has 90 valence electrons. The number of hydrogen-bond acceptors (Lipinski definition) is 2. The molecule has 0 saturated heterocycles. The van der Waals surface area contributed by atoms with Gasteiger partial charge in [0.05, 0.1) is 6.54 Å². The SMILES string of the molecule is c1ccc(CN=C2Nc3ccccc3CO2)cc1. The molecule has 0 atom stereocenters. The Kier molecular flexibility index (Phi) is 2.96. The van der Waals surface area contributed by atoms with Crippen LogP contribution in [0.5, 0.6) is 0 Å². The average molecular weight is 238 g/mol. The zero-order chi connectivity index (χ0) is 12.2. The summed E-state index contributed by atoms with van der Waals surface area (Å²) in [5.41, 5.74) is 3.42. The van der Waals surface area contributed by atoms with Crippen LogP contribution in [0.2, 0.25) is 0 Å². The van der Waals surface area contributed by atoms with Crippen LogP contribution in [0.15, 0.2) is 59.6 Å². The largest absolute Gasteiger partial charge is 0.460 e. The fraction of sp³-hybridized carbons (Fsp3) is 0.133. The number of aliphatic imine (C=N–C) groups is 1. The summed E-state index contributed by atoms with van der Waals surface area (Å²) >= 11 is 0. The molecule has 0 unspecified atom stereocenters. The van der Waals surface area contributed by atoms with Gasteiger partial charge in [0.1, 0.15) is 6.61 Å². The number of rotatable bonds is 2. The number of anilines is 1. The Hall–Kier alpha value is -2.29. The first-order valence-electron chi connectivity index (χ1n) is 5.98. The number of nitrogens with one attached hydrogen (secondary N) is 1. The zero-order valence-electron chi connectivity index (χ0n) is 9.97. The van der Waals surface area contributed by atoms with Crippen molar-refractivity contribution in [3.8, 4) is 0 Å². The number of hydrogen-bond donors (Lipinski definition) is 1. The first-order valence-corrected chi connectivity index (χ1v) is 5.98. The highest BCUT2D eigenvalue weighted by Gasteiger charge is 2.12. The van der Waals surface area contributed by atoms with Crippen LogP contribution >= 0.6 is 0 Å². The predicted molar refractivity (Wildman–Crippen MR) is 72.4 cm³/mol. The van der Waals surface area contributed by atoms with Crippen molar-refractivity contribution in [2.24, 2.45) is 4.99 Å². The summed E-state index contributed by atoms with van der Waals surface area (Å²) in [6.45, 7) is 1.21. The minimum absolute atomic E-state index is 0.580. The van der Waals surface area contributed by atoms with Crippen LogP contribution in [-0.2, 0) is 17.9 Å². The van der Waals surface area contributed by atoms with Crippen LogP contribution in [0.3, 0.4) is 0 Å². The fourth-order valence-corrected chi connectivity index (χ4v) is 1.90. The van der Waals surface area contributed by atoms with Gasteiger partial charge in [-0.2, -0.15) is 0 Å². The minimum atomic E-state index is 0.580. The van der Waals surface area contributed by atoms with Gasteiger partial charge in [0, 0.05) is 11.3 Å². The zero-order valence-corrected chi connectivity index (χ0v) is 9.97. The Morgan fingerprint density at radius 1 is 1.00 bits per heavy atom. The van der Waals surface area contributed by atoms with E-state index in [1.165, 1.54) is 5.56 Å². The number of ether oxygens (including phenoxy) is 1. The molecule has 3 rings (SSSR count). The first kappa shape index (κ1) is 10.8. The maximum atomic E-state index is 5.57. The van der Waals surface area contributed by atoms with Gasteiger partial charge in [-0.25, -0.2) is 4.99 Å². The topological polar surface area (TPSA) is 33.6 Å². The minimum Gasteiger partial charge on any atom is -0.460 e. The normalized spacial score (nSPS) is 15.7. The maximum absolute atomic E-state index is 5.57. The fourth-order valence-electron chi connectivity index (χ4n) is 1.90. The van der Waals surface area contributed by atoms with E-state index in [2.05, 4.69) is 28.5 Å². The predicted octanol–water partition coefficient (Wildman–Crippen LogP) is 3.18. The molecule has 0 saturated carbocycles. The molecular weight excluding hydrogens is 224 g/mol. The molecule has 0 amide bonds. The van der Waals surface area contributed by atoms with E-state index < -0.39 is 0 Å². The molecule has 1 N–H and O–H groups in total. The summed E-state index contributed by atoms with van der Waals surface area (Å²) in [6, 6.07) is 18.8. The second-order valence-electron chi connectivity index (χ2n) is 4.18. The van der Waals surface area contributed by atoms with Crippen LogP contribution in [0.4, 0.5) is 5.69 Å². The van der Waals surface area contributed by atoms with Crippen molar-refractivity contribution in [2.75, 3.05) is 5.32 Å². The lowest BCUT2D eigenvalue weighted by Crippen LogP contribution is -2.22. The van der Waals surface area contributed by atoms with Gasteiger partial charge in [-0.1, -0.05) is 48.5 Å². The molecule has 1 heterocycles. The van der Waals surface area contributed by atoms with Gasteiger partial charge in [0.15, 0.2) is 0 Å². The van der Waals surface area contributed by atoms with E-state index in [4.69, 9.17) is 4.74 Å². The molecule has 3 heteroatoms. The molecular formula is C15H14N2O. The van der Waals surface area contributed by atoms with Crippen molar-refractivity contribution < 1.29 is 4.74 Å². The van der Waals surface area contributed by atoms with Crippen molar-refractivity contribution in [3.05, 3.63) is 65.7 Å². The lowest BCUT2D eigenvalue weighted by molar-refractivity contribution is 0.284. The monoisotopic (exact) mass is 238 g/mol. The number of fused-ring (bicyclic) bond motifs is 1. The van der Waals surface area contributed by atoms with Crippen LogP contribution in [0.1, 0.15) is 11.1 Å². The Bertz CT molecular complexity index is 564. The highest BCUT2D eigenvalue weighted by molar-refractivity contribution is 5.91. The van der Waals surface area contributed by atoms with Gasteiger partial charge >= 0.3 is 0 Å². The number of para-hydroxylation sites is 1. The van der Waals surface area contributed by atoms with Gasteiger partial charge in [-0.3, -0.25) is 0 Å².